The summed E-state index contributed by atoms with van der Waals surface area (Å²) in [7, 11) is 0. The fourth-order valence-corrected chi connectivity index (χ4v) is 5.04. The van der Waals surface area contributed by atoms with Gasteiger partial charge in [0.05, 0.1) is 0 Å². The highest BCUT2D eigenvalue weighted by Crippen LogP contribution is 2.49. The second-order valence-electron chi connectivity index (χ2n) is 8.28. The molecule has 0 radical (unpaired) electrons. The Morgan fingerprint density at radius 2 is 1.62 bits per heavy atom. The van der Waals surface area contributed by atoms with Gasteiger partial charge in [-0.05, 0) is 67.6 Å². The van der Waals surface area contributed by atoms with Gasteiger partial charge in [-0.2, -0.15) is 0 Å². The molecule has 0 atom stereocenters. The van der Waals surface area contributed by atoms with Gasteiger partial charge in [-0.15, -0.1) is 0 Å². The SMILES string of the molecule is CCCC1=C(c2c(CC)cc(C)cc2CC)C(=O)CC2(CCOCC2)C1. The van der Waals surface area contributed by atoms with Crippen molar-refractivity contribution in [3.8, 4) is 0 Å². The van der Waals surface area contributed by atoms with Crippen LogP contribution in [0.4, 0.5) is 0 Å². The molecule has 0 unspecified atom stereocenters. The average Bonchev–Trinajstić information content (AvgIpc) is 2.62. The van der Waals surface area contributed by atoms with Crippen LogP contribution in [0.25, 0.3) is 5.57 Å². The number of hydrogen-bond acceptors (Lipinski definition) is 2. The smallest absolute Gasteiger partial charge is 0.164 e. The van der Waals surface area contributed by atoms with E-state index in [0.29, 0.717) is 12.2 Å². The molecule has 0 N–H and O–H groups in total. The third-order valence-corrected chi connectivity index (χ3v) is 6.32. The summed E-state index contributed by atoms with van der Waals surface area (Å²) in [6, 6.07) is 4.58. The topological polar surface area (TPSA) is 26.3 Å². The fraction of sp³-hybridized carbons (Fsp3) is 0.625. The number of ether oxygens (including phenoxy) is 1. The molecule has 0 saturated carbocycles. The first-order valence-corrected chi connectivity index (χ1v) is 10.5. The van der Waals surface area contributed by atoms with Gasteiger partial charge in [0.2, 0.25) is 0 Å². The van der Waals surface area contributed by atoms with E-state index in [4.69, 9.17) is 4.74 Å². The van der Waals surface area contributed by atoms with Crippen molar-refractivity contribution in [1.29, 1.82) is 0 Å². The third kappa shape index (κ3) is 3.67. The number of carbonyl (C=O) groups is 1. The summed E-state index contributed by atoms with van der Waals surface area (Å²) in [4.78, 5) is 13.5. The maximum Gasteiger partial charge on any atom is 0.164 e. The maximum atomic E-state index is 13.5. The Bertz CT molecular complexity index is 680. The summed E-state index contributed by atoms with van der Waals surface area (Å²) >= 11 is 0. The van der Waals surface area contributed by atoms with Crippen molar-refractivity contribution in [3.63, 3.8) is 0 Å². The summed E-state index contributed by atoms with van der Waals surface area (Å²) in [5, 5.41) is 0. The fourth-order valence-electron chi connectivity index (χ4n) is 5.04. The molecule has 1 aromatic rings. The number of hydrogen-bond donors (Lipinski definition) is 0. The first-order valence-electron chi connectivity index (χ1n) is 10.5. The molecule has 1 aromatic carbocycles. The second-order valence-corrected chi connectivity index (χ2v) is 8.28. The van der Waals surface area contributed by atoms with Crippen molar-refractivity contribution in [1.82, 2.24) is 0 Å². The lowest BCUT2D eigenvalue weighted by atomic mass is 9.64. The van der Waals surface area contributed by atoms with Gasteiger partial charge in [0.1, 0.15) is 0 Å². The van der Waals surface area contributed by atoms with Crippen molar-refractivity contribution in [2.45, 2.75) is 79.1 Å². The molecule has 1 heterocycles. The van der Waals surface area contributed by atoms with Crippen LogP contribution in [0.5, 0.6) is 0 Å². The number of Topliss-reactive ketones (excluding diaryl/α,β-unsaturated/α-hetero) is 1. The van der Waals surface area contributed by atoms with Crippen molar-refractivity contribution < 1.29 is 9.53 Å². The van der Waals surface area contributed by atoms with Crippen molar-refractivity contribution >= 4 is 11.4 Å². The number of benzene rings is 1. The standard InChI is InChI=1S/C24H34O2/c1-5-8-20-15-24(9-11-26-12-10-24)16-21(25)23(20)22-18(6-2)13-17(4)14-19(22)7-3/h13-14H,5-12,15-16H2,1-4H3. The molecule has 2 aliphatic rings. The maximum absolute atomic E-state index is 13.5. The van der Waals surface area contributed by atoms with Gasteiger partial charge in [0, 0.05) is 25.2 Å². The molecule has 2 heteroatoms. The van der Waals surface area contributed by atoms with Gasteiger partial charge in [-0.25, -0.2) is 0 Å². The highest BCUT2D eigenvalue weighted by Gasteiger charge is 2.41. The van der Waals surface area contributed by atoms with Crippen LogP contribution in [-0.4, -0.2) is 19.0 Å². The zero-order valence-electron chi connectivity index (χ0n) is 17.0. The Morgan fingerprint density at radius 1 is 1.00 bits per heavy atom. The Kier molecular flexibility index (Phi) is 6.02. The Morgan fingerprint density at radius 3 is 2.15 bits per heavy atom. The van der Waals surface area contributed by atoms with Gasteiger partial charge in [0.15, 0.2) is 5.78 Å². The summed E-state index contributed by atoms with van der Waals surface area (Å²) < 4.78 is 5.60. The number of rotatable bonds is 5. The highest BCUT2D eigenvalue weighted by atomic mass is 16.5. The van der Waals surface area contributed by atoms with E-state index in [0.717, 1.165) is 63.7 Å². The minimum Gasteiger partial charge on any atom is -0.381 e. The molecular formula is C24H34O2. The quantitative estimate of drug-likeness (QED) is 0.664. The summed E-state index contributed by atoms with van der Waals surface area (Å²) in [5.41, 5.74) is 7.94. The average molecular weight is 355 g/mol. The van der Waals surface area contributed by atoms with Crippen molar-refractivity contribution in [3.05, 3.63) is 40.0 Å². The van der Waals surface area contributed by atoms with Crippen LogP contribution in [-0.2, 0) is 22.4 Å². The Labute approximate surface area is 159 Å². The molecule has 142 valence electrons. The van der Waals surface area contributed by atoms with E-state index < -0.39 is 0 Å². The van der Waals surface area contributed by atoms with Crippen LogP contribution in [0.3, 0.4) is 0 Å². The van der Waals surface area contributed by atoms with Gasteiger partial charge in [-0.1, -0.05) is 50.5 Å². The van der Waals surface area contributed by atoms with Crippen LogP contribution in [0, 0.1) is 12.3 Å². The molecule has 1 spiro atoms. The molecule has 0 bridgehead atoms. The minimum atomic E-state index is 0.160. The van der Waals surface area contributed by atoms with Crippen molar-refractivity contribution in [2.75, 3.05) is 13.2 Å². The van der Waals surface area contributed by atoms with Crippen LogP contribution >= 0.6 is 0 Å². The van der Waals surface area contributed by atoms with E-state index in [1.807, 2.05) is 0 Å². The molecule has 1 aliphatic heterocycles. The molecule has 0 amide bonds. The van der Waals surface area contributed by atoms with Crippen LogP contribution in [0.1, 0.15) is 81.5 Å². The van der Waals surface area contributed by atoms with Crippen LogP contribution in [0.2, 0.25) is 0 Å². The van der Waals surface area contributed by atoms with E-state index in [-0.39, 0.29) is 5.41 Å². The minimum absolute atomic E-state index is 0.160. The molecule has 1 saturated heterocycles. The second kappa shape index (κ2) is 8.08. The molecule has 1 fully saturated rings. The van der Waals surface area contributed by atoms with Gasteiger partial charge in [-0.3, -0.25) is 4.79 Å². The van der Waals surface area contributed by atoms with Crippen molar-refractivity contribution in [2.24, 2.45) is 5.41 Å². The van der Waals surface area contributed by atoms with Gasteiger partial charge >= 0.3 is 0 Å². The zero-order chi connectivity index (χ0) is 18.7. The lowest BCUT2D eigenvalue weighted by Crippen LogP contribution is -2.36. The molecule has 26 heavy (non-hydrogen) atoms. The Balaban J connectivity index is 2.15. The molecule has 3 rings (SSSR count). The van der Waals surface area contributed by atoms with Gasteiger partial charge < -0.3 is 4.74 Å². The Hall–Kier alpha value is -1.41. The highest BCUT2D eigenvalue weighted by molar-refractivity contribution is 6.23. The van der Waals surface area contributed by atoms with Crippen LogP contribution < -0.4 is 0 Å². The zero-order valence-corrected chi connectivity index (χ0v) is 17.0. The number of ketones is 1. The first-order chi connectivity index (χ1) is 12.5. The monoisotopic (exact) mass is 354 g/mol. The van der Waals surface area contributed by atoms with E-state index in [9.17, 15) is 4.79 Å². The molecule has 1 aliphatic carbocycles. The lowest BCUT2D eigenvalue weighted by molar-refractivity contribution is -0.118. The third-order valence-electron chi connectivity index (χ3n) is 6.32. The number of aryl methyl sites for hydroxylation is 3. The molecular weight excluding hydrogens is 320 g/mol. The summed E-state index contributed by atoms with van der Waals surface area (Å²) in [6.45, 7) is 10.5. The van der Waals surface area contributed by atoms with Crippen LogP contribution in [0.15, 0.2) is 17.7 Å². The molecule has 2 nitrogen and oxygen atoms in total. The lowest BCUT2D eigenvalue weighted by Gasteiger charge is -2.42. The number of carbonyl (C=O) groups excluding carboxylic acids is 1. The van der Waals surface area contributed by atoms with E-state index in [1.165, 1.54) is 27.8 Å². The predicted molar refractivity (Wildman–Crippen MR) is 108 cm³/mol. The van der Waals surface area contributed by atoms with E-state index in [2.05, 4.69) is 39.8 Å². The number of allylic oxidation sites excluding steroid dienone is 2. The van der Waals surface area contributed by atoms with E-state index in [1.54, 1.807) is 0 Å². The molecule has 0 aromatic heterocycles. The van der Waals surface area contributed by atoms with E-state index >= 15 is 0 Å². The largest absolute Gasteiger partial charge is 0.381 e. The normalized spacial score (nSPS) is 20.1. The first kappa shape index (κ1) is 19.4. The van der Waals surface area contributed by atoms with Gasteiger partial charge in [0.25, 0.3) is 0 Å². The summed E-state index contributed by atoms with van der Waals surface area (Å²) in [5.74, 6) is 0.384. The summed E-state index contributed by atoms with van der Waals surface area (Å²) in [6.07, 6.45) is 7.99. The predicted octanol–water partition coefficient (Wildman–Crippen LogP) is 5.83.